The number of amides is 2. The SMILES string of the molecule is CN(CC1CCCN1C(=O)C1CC1)C(=O)c1ccc2c(c1)CCCCN2. The number of nitrogens with zero attached hydrogens (tertiary/aromatic N) is 2. The van der Waals surface area contributed by atoms with Gasteiger partial charge in [0.1, 0.15) is 0 Å². The van der Waals surface area contributed by atoms with E-state index in [2.05, 4.69) is 5.32 Å². The highest BCUT2D eigenvalue weighted by Crippen LogP contribution is 2.34. The first-order valence-corrected chi connectivity index (χ1v) is 10.1. The maximum Gasteiger partial charge on any atom is 0.253 e. The number of likely N-dealkylation sites (N-methyl/N-ethyl adjacent to an activating group) is 1. The van der Waals surface area contributed by atoms with Crippen LogP contribution < -0.4 is 5.32 Å². The molecule has 1 saturated heterocycles. The van der Waals surface area contributed by atoms with Gasteiger partial charge in [-0.15, -0.1) is 0 Å². The number of aryl methyl sites for hydroxylation is 1. The van der Waals surface area contributed by atoms with Crippen LogP contribution in [0.1, 0.15) is 54.4 Å². The number of anilines is 1. The molecule has 1 N–H and O–H groups in total. The van der Waals surface area contributed by atoms with Gasteiger partial charge in [0.05, 0.1) is 0 Å². The topological polar surface area (TPSA) is 52.7 Å². The summed E-state index contributed by atoms with van der Waals surface area (Å²) >= 11 is 0. The normalized spacial score (nSPS) is 22.3. The van der Waals surface area contributed by atoms with Gasteiger partial charge in [-0.2, -0.15) is 0 Å². The molecule has 0 aromatic heterocycles. The number of nitrogens with one attached hydrogen (secondary N) is 1. The second-order valence-corrected chi connectivity index (χ2v) is 8.04. The van der Waals surface area contributed by atoms with Gasteiger partial charge >= 0.3 is 0 Å². The summed E-state index contributed by atoms with van der Waals surface area (Å²) in [6.45, 7) is 2.49. The molecule has 2 fully saturated rings. The Bertz CT molecular complexity index is 698. The summed E-state index contributed by atoms with van der Waals surface area (Å²) in [5, 5.41) is 3.44. The molecule has 2 heterocycles. The summed E-state index contributed by atoms with van der Waals surface area (Å²) in [4.78, 5) is 29.2. The largest absolute Gasteiger partial charge is 0.385 e. The van der Waals surface area contributed by atoms with Crippen LogP contribution in [0.2, 0.25) is 0 Å². The van der Waals surface area contributed by atoms with Gasteiger partial charge in [-0.3, -0.25) is 9.59 Å². The van der Waals surface area contributed by atoms with Crippen LogP contribution in [0.15, 0.2) is 18.2 Å². The first-order valence-electron chi connectivity index (χ1n) is 10.1. The van der Waals surface area contributed by atoms with Crippen molar-refractivity contribution in [1.29, 1.82) is 0 Å². The predicted octanol–water partition coefficient (Wildman–Crippen LogP) is 2.91. The van der Waals surface area contributed by atoms with E-state index < -0.39 is 0 Å². The van der Waals surface area contributed by atoms with E-state index in [1.54, 1.807) is 4.90 Å². The minimum Gasteiger partial charge on any atom is -0.385 e. The first-order chi connectivity index (χ1) is 12.6. The fraction of sp³-hybridized carbons (Fsp3) is 0.619. The van der Waals surface area contributed by atoms with Gasteiger partial charge < -0.3 is 15.1 Å². The second-order valence-electron chi connectivity index (χ2n) is 8.04. The maximum atomic E-state index is 12.9. The Kier molecular flexibility index (Phi) is 4.88. The third-order valence-electron chi connectivity index (χ3n) is 5.96. The average Bonchev–Trinajstić information content (AvgIpc) is 3.44. The highest BCUT2D eigenvalue weighted by Gasteiger charge is 2.38. The molecule has 2 aliphatic heterocycles. The number of hydrogen-bond donors (Lipinski definition) is 1. The third-order valence-corrected chi connectivity index (χ3v) is 5.96. The molecule has 26 heavy (non-hydrogen) atoms. The van der Waals surface area contributed by atoms with Gasteiger partial charge in [0.15, 0.2) is 0 Å². The van der Waals surface area contributed by atoms with Gasteiger partial charge in [-0.1, -0.05) is 0 Å². The van der Waals surface area contributed by atoms with Crippen LogP contribution >= 0.6 is 0 Å². The number of carbonyl (C=O) groups excluding carboxylic acids is 2. The zero-order valence-corrected chi connectivity index (χ0v) is 15.7. The van der Waals surface area contributed by atoms with Gasteiger partial charge in [-0.25, -0.2) is 0 Å². The van der Waals surface area contributed by atoms with E-state index in [4.69, 9.17) is 0 Å². The van der Waals surface area contributed by atoms with Gasteiger partial charge in [-0.05, 0) is 68.7 Å². The summed E-state index contributed by atoms with van der Waals surface area (Å²) in [7, 11) is 1.87. The molecule has 1 atom stereocenters. The second kappa shape index (κ2) is 7.29. The molecule has 140 valence electrons. The summed E-state index contributed by atoms with van der Waals surface area (Å²) in [5.41, 5.74) is 3.17. The van der Waals surface area contributed by atoms with E-state index in [0.29, 0.717) is 12.5 Å². The van der Waals surface area contributed by atoms with Gasteiger partial charge in [0.2, 0.25) is 5.91 Å². The van der Waals surface area contributed by atoms with Crippen LogP contribution in [0.4, 0.5) is 5.69 Å². The molecule has 0 bridgehead atoms. The molecule has 2 amide bonds. The molecule has 1 saturated carbocycles. The molecule has 1 aliphatic carbocycles. The van der Waals surface area contributed by atoms with Crippen LogP contribution in [0.5, 0.6) is 0 Å². The van der Waals surface area contributed by atoms with Crippen LogP contribution in [-0.4, -0.2) is 54.3 Å². The maximum absolute atomic E-state index is 12.9. The standard InChI is InChI=1S/C21H29N3O2/c1-23(14-18-6-4-12-24(18)21(26)15-7-8-15)20(25)17-9-10-19-16(13-17)5-2-3-11-22-19/h9-10,13,15,18,22H,2-8,11-12,14H2,1H3. The highest BCUT2D eigenvalue weighted by molar-refractivity contribution is 5.95. The Morgan fingerprint density at radius 1 is 1.19 bits per heavy atom. The lowest BCUT2D eigenvalue weighted by molar-refractivity contribution is -0.133. The lowest BCUT2D eigenvalue weighted by Crippen LogP contribution is -2.44. The number of hydrogen-bond acceptors (Lipinski definition) is 3. The van der Waals surface area contributed by atoms with Crippen LogP contribution in [0, 0.1) is 5.92 Å². The number of carbonyl (C=O) groups is 2. The zero-order chi connectivity index (χ0) is 18.1. The third kappa shape index (κ3) is 3.57. The van der Waals surface area contributed by atoms with Crippen LogP contribution in [0.25, 0.3) is 0 Å². The van der Waals surface area contributed by atoms with Crippen molar-refractivity contribution in [3.63, 3.8) is 0 Å². The van der Waals surface area contributed by atoms with E-state index in [-0.39, 0.29) is 17.9 Å². The molecular weight excluding hydrogens is 326 g/mol. The Morgan fingerprint density at radius 2 is 2.04 bits per heavy atom. The van der Waals surface area contributed by atoms with Crippen molar-refractivity contribution in [3.05, 3.63) is 29.3 Å². The number of benzene rings is 1. The van der Waals surface area contributed by atoms with Gasteiger partial charge in [0, 0.05) is 49.9 Å². The molecule has 1 unspecified atom stereocenters. The summed E-state index contributed by atoms with van der Waals surface area (Å²) < 4.78 is 0. The number of fused-ring (bicyclic) bond motifs is 1. The Morgan fingerprint density at radius 3 is 2.85 bits per heavy atom. The van der Waals surface area contributed by atoms with E-state index in [1.807, 2.05) is 30.1 Å². The van der Waals surface area contributed by atoms with E-state index in [0.717, 1.165) is 57.2 Å². The monoisotopic (exact) mass is 355 g/mol. The van der Waals surface area contributed by atoms with E-state index >= 15 is 0 Å². The van der Waals surface area contributed by atoms with Crippen LogP contribution in [-0.2, 0) is 11.2 Å². The van der Waals surface area contributed by atoms with Crippen molar-refractivity contribution in [2.24, 2.45) is 5.92 Å². The number of rotatable bonds is 4. The molecule has 3 aliphatic rings. The first kappa shape index (κ1) is 17.4. The minimum absolute atomic E-state index is 0.0581. The molecule has 4 rings (SSSR count). The van der Waals surface area contributed by atoms with Crippen LogP contribution in [0.3, 0.4) is 0 Å². The average molecular weight is 355 g/mol. The Balaban J connectivity index is 1.42. The fourth-order valence-corrected chi connectivity index (χ4v) is 4.27. The summed E-state index contributed by atoms with van der Waals surface area (Å²) in [6, 6.07) is 6.20. The Labute approximate surface area is 155 Å². The highest BCUT2D eigenvalue weighted by atomic mass is 16.2. The molecule has 0 spiro atoms. The minimum atomic E-state index is 0.0581. The van der Waals surface area contributed by atoms with Crippen molar-refractivity contribution < 1.29 is 9.59 Å². The number of likely N-dealkylation sites (tertiary alicyclic amines) is 1. The van der Waals surface area contributed by atoms with Crippen molar-refractivity contribution in [3.8, 4) is 0 Å². The zero-order valence-electron chi connectivity index (χ0n) is 15.7. The summed E-state index contributed by atoms with van der Waals surface area (Å²) in [5.74, 6) is 0.626. The smallest absolute Gasteiger partial charge is 0.253 e. The lowest BCUT2D eigenvalue weighted by atomic mass is 10.0. The van der Waals surface area contributed by atoms with Crippen molar-refractivity contribution in [2.45, 2.75) is 51.0 Å². The van der Waals surface area contributed by atoms with E-state index in [9.17, 15) is 9.59 Å². The van der Waals surface area contributed by atoms with Crippen molar-refractivity contribution in [1.82, 2.24) is 9.80 Å². The summed E-state index contributed by atoms with van der Waals surface area (Å²) in [6.07, 6.45) is 7.50. The molecule has 5 nitrogen and oxygen atoms in total. The quantitative estimate of drug-likeness (QED) is 0.903. The molecular formula is C21H29N3O2. The van der Waals surface area contributed by atoms with Gasteiger partial charge in [0.25, 0.3) is 5.91 Å². The molecule has 1 aromatic carbocycles. The lowest BCUT2D eigenvalue weighted by Gasteiger charge is -2.29. The van der Waals surface area contributed by atoms with Crippen molar-refractivity contribution >= 4 is 17.5 Å². The van der Waals surface area contributed by atoms with E-state index in [1.165, 1.54) is 17.7 Å². The predicted molar refractivity (Wildman–Crippen MR) is 102 cm³/mol. The molecule has 5 heteroatoms. The Hall–Kier alpha value is -2.04. The molecule has 1 aromatic rings. The fourth-order valence-electron chi connectivity index (χ4n) is 4.27. The molecule has 0 radical (unpaired) electrons. The van der Waals surface area contributed by atoms with Crippen molar-refractivity contribution in [2.75, 3.05) is 32.0 Å².